The minimum absolute atomic E-state index is 0.0518. The van der Waals surface area contributed by atoms with E-state index in [1.807, 2.05) is 60.4 Å². The molecule has 2 amide bonds. The average molecular weight is 396 g/mol. The van der Waals surface area contributed by atoms with E-state index in [4.69, 9.17) is 4.74 Å². The number of nitrogens with zero attached hydrogens (tertiary/aromatic N) is 2. The number of anilines is 1. The normalized spacial score (nSPS) is 14.5. The molecule has 154 valence electrons. The molecule has 0 saturated carbocycles. The van der Waals surface area contributed by atoms with Gasteiger partial charge in [-0.15, -0.1) is 0 Å². The smallest absolute Gasteiger partial charge is 0.253 e. The maximum absolute atomic E-state index is 12.7. The van der Waals surface area contributed by atoms with Gasteiger partial charge in [0.15, 0.2) is 0 Å². The first-order valence-electron chi connectivity index (χ1n) is 10.2. The third-order valence-electron chi connectivity index (χ3n) is 5.08. The van der Waals surface area contributed by atoms with Crippen molar-refractivity contribution < 1.29 is 14.3 Å². The molecule has 0 unspecified atom stereocenters. The van der Waals surface area contributed by atoms with Gasteiger partial charge in [0.05, 0.1) is 13.2 Å². The van der Waals surface area contributed by atoms with E-state index in [1.54, 1.807) is 0 Å². The Hall–Kier alpha value is -2.86. The summed E-state index contributed by atoms with van der Waals surface area (Å²) in [4.78, 5) is 28.9. The Labute approximate surface area is 172 Å². The van der Waals surface area contributed by atoms with Gasteiger partial charge in [-0.25, -0.2) is 0 Å². The van der Waals surface area contributed by atoms with Crippen LogP contribution >= 0.6 is 0 Å². The number of aryl methyl sites for hydroxylation is 1. The van der Waals surface area contributed by atoms with Crippen LogP contribution in [0.25, 0.3) is 0 Å². The molecule has 2 aromatic carbocycles. The van der Waals surface area contributed by atoms with Gasteiger partial charge in [0.2, 0.25) is 5.91 Å². The summed E-state index contributed by atoms with van der Waals surface area (Å²) in [6.07, 6.45) is 0.964. The molecule has 6 heteroatoms. The van der Waals surface area contributed by atoms with E-state index < -0.39 is 0 Å². The zero-order valence-electron chi connectivity index (χ0n) is 17.2. The van der Waals surface area contributed by atoms with Crippen LogP contribution in [0, 0.1) is 0 Å². The highest BCUT2D eigenvalue weighted by Gasteiger charge is 2.23. The van der Waals surface area contributed by atoms with Gasteiger partial charge in [-0.05, 0) is 55.3 Å². The van der Waals surface area contributed by atoms with Crippen LogP contribution in [0.5, 0.6) is 5.75 Å². The van der Waals surface area contributed by atoms with Crippen LogP contribution in [0.2, 0.25) is 0 Å². The Morgan fingerprint density at radius 1 is 0.931 bits per heavy atom. The summed E-state index contributed by atoms with van der Waals surface area (Å²) in [6, 6.07) is 15.2. The molecule has 1 aliphatic heterocycles. The molecular weight excluding hydrogens is 366 g/mol. The second-order valence-electron chi connectivity index (χ2n) is 7.12. The van der Waals surface area contributed by atoms with Gasteiger partial charge in [0, 0.05) is 37.4 Å². The van der Waals surface area contributed by atoms with E-state index in [2.05, 4.69) is 17.1 Å². The molecule has 6 nitrogen and oxygen atoms in total. The number of amides is 2. The summed E-state index contributed by atoms with van der Waals surface area (Å²) in [5, 5.41) is 2.91. The number of piperazine rings is 1. The average Bonchev–Trinajstić information content (AvgIpc) is 2.75. The molecule has 0 bridgehead atoms. The molecule has 1 N–H and O–H groups in total. The van der Waals surface area contributed by atoms with Crippen LogP contribution in [0.1, 0.15) is 29.8 Å². The summed E-state index contributed by atoms with van der Waals surface area (Å²) < 4.78 is 5.41. The predicted molar refractivity (Wildman–Crippen MR) is 114 cm³/mol. The Morgan fingerprint density at radius 2 is 1.59 bits per heavy atom. The highest BCUT2D eigenvalue weighted by molar-refractivity contribution is 5.94. The maximum atomic E-state index is 12.7. The summed E-state index contributed by atoms with van der Waals surface area (Å²) >= 11 is 0. The van der Waals surface area contributed by atoms with Gasteiger partial charge in [-0.3, -0.25) is 14.5 Å². The number of benzene rings is 2. The van der Waals surface area contributed by atoms with Gasteiger partial charge in [0.25, 0.3) is 5.91 Å². The number of hydrogen-bond acceptors (Lipinski definition) is 4. The molecule has 0 radical (unpaired) electrons. The zero-order chi connectivity index (χ0) is 20.6. The first-order valence-corrected chi connectivity index (χ1v) is 10.2. The van der Waals surface area contributed by atoms with Crippen LogP contribution in [0.3, 0.4) is 0 Å². The van der Waals surface area contributed by atoms with E-state index in [9.17, 15) is 9.59 Å². The minimum Gasteiger partial charge on any atom is -0.494 e. The van der Waals surface area contributed by atoms with Crippen molar-refractivity contribution in [2.45, 2.75) is 20.3 Å². The number of hydrogen-bond donors (Lipinski definition) is 1. The molecule has 1 heterocycles. The standard InChI is InChI=1S/C23H29N3O3/c1-3-18-5-7-19(8-6-18)23(28)26-15-13-25(14-16-26)17-22(27)24-20-9-11-21(12-10-20)29-4-2/h5-12H,3-4,13-17H2,1-2H3,(H,24,27). The Balaban J connectivity index is 1.45. The van der Waals surface area contributed by atoms with Crippen LogP contribution in [-0.4, -0.2) is 60.9 Å². The fourth-order valence-electron chi connectivity index (χ4n) is 3.38. The maximum Gasteiger partial charge on any atom is 0.253 e. The number of nitrogens with one attached hydrogen (secondary N) is 1. The van der Waals surface area contributed by atoms with Crippen LogP contribution < -0.4 is 10.1 Å². The lowest BCUT2D eigenvalue weighted by Crippen LogP contribution is -2.50. The van der Waals surface area contributed by atoms with Crippen molar-refractivity contribution in [1.29, 1.82) is 0 Å². The van der Waals surface area contributed by atoms with Crippen molar-refractivity contribution in [3.8, 4) is 5.75 Å². The molecule has 0 atom stereocenters. The first-order chi connectivity index (χ1) is 14.1. The monoisotopic (exact) mass is 395 g/mol. The second kappa shape index (κ2) is 10.1. The van der Waals surface area contributed by atoms with Crippen molar-refractivity contribution in [2.24, 2.45) is 0 Å². The Bertz CT molecular complexity index is 810. The second-order valence-corrected chi connectivity index (χ2v) is 7.12. The van der Waals surface area contributed by atoms with E-state index in [0.29, 0.717) is 39.3 Å². The van der Waals surface area contributed by atoms with Crippen molar-refractivity contribution in [1.82, 2.24) is 9.80 Å². The summed E-state index contributed by atoms with van der Waals surface area (Å²) in [5.74, 6) is 0.797. The molecule has 3 rings (SSSR count). The highest BCUT2D eigenvalue weighted by atomic mass is 16.5. The number of rotatable bonds is 7. The SMILES string of the molecule is CCOc1ccc(NC(=O)CN2CCN(C(=O)c3ccc(CC)cc3)CC2)cc1. The van der Waals surface area contributed by atoms with Crippen molar-refractivity contribution in [3.63, 3.8) is 0 Å². The fourth-order valence-corrected chi connectivity index (χ4v) is 3.38. The molecule has 1 fully saturated rings. The van der Waals surface area contributed by atoms with E-state index in [1.165, 1.54) is 5.56 Å². The quantitative estimate of drug-likeness (QED) is 0.783. The first kappa shape index (κ1) is 20.9. The lowest BCUT2D eigenvalue weighted by Gasteiger charge is -2.34. The predicted octanol–water partition coefficient (Wildman–Crippen LogP) is 3.04. The summed E-state index contributed by atoms with van der Waals surface area (Å²) in [5.41, 5.74) is 2.71. The van der Waals surface area contributed by atoms with Gasteiger partial charge < -0.3 is 15.0 Å². The third-order valence-corrected chi connectivity index (χ3v) is 5.08. The molecule has 29 heavy (non-hydrogen) atoms. The number of carbonyl (C=O) groups excluding carboxylic acids is 2. The topological polar surface area (TPSA) is 61.9 Å². The molecule has 2 aromatic rings. The van der Waals surface area contributed by atoms with E-state index >= 15 is 0 Å². The number of carbonyl (C=O) groups is 2. The Morgan fingerprint density at radius 3 is 2.17 bits per heavy atom. The van der Waals surface area contributed by atoms with Crippen molar-refractivity contribution in [3.05, 3.63) is 59.7 Å². The lowest BCUT2D eigenvalue weighted by molar-refractivity contribution is -0.117. The molecule has 0 aromatic heterocycles. The summed E-state index contributed by atoms with van der Waals surface area (Å²) in [6.45, 7) is 7.61. The number of ether oxygens (including phenoxy) is 1. The minimum atomic E-state index is -0.0518. The van der Waals surface area contributed by atoms with Gasteiger partial charge in [-0.2, -0.15) is 0 Å². The highest BCUT2D eigenvalue weighted by Crippen LogP contribution is 2.16. The summed E-state index contributed by atoms with van der Waals surface area (Å²) in [7, 11) is 0. The fraction of sp³-hybridized carbons (Fsp3) is 0.391. The third kappa shape index (κ3) is 5.81. The van der Waals surface area contributed by atoms with Crippen LogP contribution in [-0.2, 0) is 11.2 Å². The van der Waals surface area contributed by atoms with Crippen molar-refractivity contribution in [2.75, 3.05) is 44.6 Å². The van der Waals surface area contributed by atoms with Gasteiger partial charge in [0.1, 0.15) is 5.75 Å². The molecule has 1 saturated heterocycles. The van der Waals surface area contributed by atoms with Crippen LogP contribution in [0.4, 0.5) is 5.69 Å². The van der Waals surface area contributed by atoms with Crippen LogP contribution in [0.15, 0.2) is 48.5 Å². The molecule has 0 aliphatic carbocycles. The van der Waals surface area contributed by atoms with E-state index in [-0.39, 0.29) is 11.8 Å². The van der Waals surface area contributed by atoms with Gasteiger partial charge >= 0.3 is 0 Å². The molecule has 1 aliphatic rings. The lowest BCUT2D eigenvalue weighted by atomic mass is 10.1. The zero-order valence-corrected chi connectivity index (χ0v) is 17.2. The Kier molecular flexibility index (Phi) is 7.25. The molecule has 0 spiro atoms. The molecular formula is C23H29N3O3. The largest absolute Gasteiger partial charge is 0.494 e. The van der Waals surface area contributed by atoms with Gasteiger partial charge in [-0.1, -0.05) is 19.1 Å². The van der Waals surface area contributed by atoms with Crippen molar-refractivity contribution >= 4 is 17.5 Å². The van der Waals surface area contributed by atoms with E-state index in [0.717, 1.165) is 23.4 Å².